The Balaban J connectivity index is 0.000000671. The zero-order valence-electron chi connectivity index (χ0n) is 8.82. The smallest absolute Gasteiger partial charge is 0.133 e. The molecule has 0 spiro atoms. The van der Waals surface area contributed by atoms with Crippen molar-refractivity contribution in [1.29, 1.82) is 0 Å². The van der Waals surface area contributed by atoms with Crippen LogP contribution in [0, 0.1) is 0 Å². The van der Waals surface area contributed by atoms with E-state index in [0.29, 0.717) is 5.57 Å². The molecule has 1 rings (SSSR count). The molecule has 1 heteroatoms. The Morgan fingerprint density at radius 2 is 1.92 bits per heavy atom. The van der Waals surface area contributed by atoms with E-state index >= 15 is 0 Å². The summed E-state index contributed by atoms with van der Waals surface area (Å²) >= 11 is 0. The minimum atomic E-state index is -0.190. The van der Waals surface area contributed by atoms with E-state index < -0.39 is 0 Å². The van der Waals surface area contributed by atoms with Crippen LogP contribution in [-0.2, 0) is 0 Å². The molecular formula is C12H17F. The average molecular weight is 180 g/mol. The predicted molar refractivity (Wildman–Crippen MR) is 56.2 cm³/mol. The highest BCUT2D eigenvalue weighted by Crippen LogP contribution is 2.15. The van der Waals surface area contributed by atoms with Gasteiger partial charge in [-0.05, 0) is 30.6 Å². The zero-order chi connectivity index (χ0) is 10.3. The Morgan fingerprint density at radius 3 is 2.46 bits per heavy atom. The van der Waals surface area contributed by atoms with E-state index in [1.165, 1.54) is 6.08 Å². The van der Waals surface area contributed by atoms with Gasteiger partial charge in [0.2, 0.25) is 0 Å². The molecule has 0 aromatic heterocycles. The van der Waals surface area contributed by atoms with E-state index in [4.69, 9.17) is 0 Å². The van der Waals surface area contributed by atoms with Crippen molar-refractivity contribution in [2.75, 3.05) is 0 Å². The lowest BCUT2D eigenvalue weighted by Crippen LogP contribution is -1.76. The fraction of sp³-hybridized carbons (Fsp3) is 0.417. The monoisotopic (exact) mass is 180 g/mol. The normalized spacial score (nSPS) is 14.7. The van der Waals surface area contributed by atoms with Gasteiger partial charge in [-0.1, -0.05) is 26.8 Å². The van der Waals surface area contributed by atoms with E-state index in [-0.39, 0.29) is 5.83 Å². The van der Waals surface area contributed by atoms with Crippen LogP contribution in [0.2, 0.25) is 0 Å². The molecule has 0 N–H and O–H groups in total. The molecule has 72 valence electrons. The number of halogens is 1. The highest BCUT2D eigenvalue weighted by atomic mass is 19.1. The molecule has 13 heavy (non-hydrogen) atoms. The Kier molecular flexibility index (Phi) is 5.92. The maximum absolute atomic E-state index is 12.8. The van der Waals surface area contributed by atoms with Gasteiger partial charge in [-0.2, -0.15) is 0 Å². The average Bonchev–Trinajstić information content (AvgIpc) is 2.33. The summed E-state index contributed by atoms with van der Waals surface area (Å²) in [5, 5.41) is 0. The molecule has 1 aliphatic carbocycles. The third-order valence-electron chi connectivity index (χ3n) is 1.67. The summed E-state index contributed by atoms with van der Waals surface area (Å²) in [7, 11) is 0. The van der Waals surface area contributed by atoms with Crippen molar-refractivity contribution in [3.05, 3.63) is 40.9 Å². The van der Waals surface area contributed by atoms with Crippen LogP contribution in [0.4, 0.5) is 4.39 Å². The number of hydrogen-bond donors (Lipinski definition) is 0. The number of rotatable bonds is 1. The number of hydrogen-bond acceptors (Lipinski definition) is 0. The quantitative estimate of drug-likeness (QED) is 0.527. The molecule has 1 aliphatic rings. The third-order valence-corrected chi connectivity index (χ3v) is 1.67. The zero-order valence-corrected chi connectivity index (χ0v) is 8.82. The largest absolute Gasteiger partial charge is 0.206 e. The van der Waals surface area contributed by atoms with Crippen molar-refractivity contribution < 1.29 is 4.39 Å². The Hall–Kier alpha value is -1.07. The van der Waals surface area contributed by atoms with Crippen LogP contribution in [-0.4, -0.2) is 0 Å². The molecule has 0 unspecified atom stereocenters. The van der Waals surface area contributed by atoms with Crippen molar-refractivity contribution in [1.82, 2.24) is 0 Å². The molecule has 0 fully saturated rings. The summed E-state index contributed by atoms with van der Waals surface area (Å²) in [5.41, 5.74) is 4.58. The first-order valence-electron chi connectivity index (χ1n) is 4.73. The molecular weight excluding hydrogens is 163 g/mol. The molecule has 0 bridgehead atoms. The van der Waals surface area contributed by atoms with Crippen molar-refractivity contribution in [2.24, 2.45) is 0 Å². The van der Waals surface area contributed by atoms with Gasteiger partial charge in [-0.15, -0.1) is 5.73 Å². The summed E-state index contributed by atoms with van der Waals surface area (Å²) in [6, 6.07) is 0. The van der Waals surface area contributed by atoms with Crippen LogP contribution >= 0.6 is 0 Å². The molecule has 0 aromatic rings. The lowest BCUT2D eigenvalue weighted by atomic mass is 10.1. The summed E-state index contributed by atoms with van der Waals surface area (Å²) in [5.74, 6) is -0.190. The molecule has 0 atom stereocenters. The summed E-state index contributed by atoms with van der Waals surface area (Å²) in [6.45, 7) is 7.81. The van der Waals surface area contributed by atoms with Gasteiger partial charge in [0.25, 0.3) is 0 Å². The maximum atomic E-state index is 12.8. The van der Waals surface area contributed by atoms with E-state index in [2.05, 4.69) is 5.73 Å². The Labute approximate surface area is 80.2 Å². The fourth-order valence-electron chi connectivity index (χ4n) is 0.929. The second kappa shape index (κ2) is 6.45. The minimum Gasteiger partial charge on any atom is -0.206 e. The molecule has 0 nitrogen and oxygen atoms in total. The first kappa shape index (κ1) is 11.9. The maximum Gasteiger partial charge on any atom is 0.133 e. The van der Waals surface area contributed by atoms with Gasteiger partial charge in [-0.3, -0.25) is 0 Å². The standard InChI is InChI=1S/C10H11F.C2H6/c1-3-9-5-4-6-10(11)8(2)7-9;1-2/h5-7H,3H2,1-2H3;1-2H3. The second-order valence-corrected chi connectivity index (χ2v) is 2.56. The summed E-state index contributed by atoms with van der Waals surface area (Å²) in [4.78, 5) is 0. The molecule has 0 heterocycles. The molecule has 0 aromatic carbocycles. The Morgan fingerprint density at radius 1 is 1.31 bits per heavy atom. The van der Waals surface area contributed by atoms with Crippen LogP contribution in [0.5, 0.6) is 0 Å². The first-order chi connectivity index (χ1) is 6.24. The molecule has 0 saturated heterocycles. The molecule has 0 saturated carbocycles. The van der Waals surface area contributed by atoms with Gasteiger partial charge < -0.3 is 0 Å². The van der Waals surface area contributed by atoms with Crippen LogP contribution < -0.4 is 0 Å². The van der Waals surface area contributed by atoms with Crippen LogP contribution in [0.1, 0.15) is 34.1 Å². The van der Waals surface area contributed by atoms with Crippen LogP contribution in [0.15, 0.2) is 40.9 Å². The van der Waals surface area contributed by atoms with E-state index in [9.17, 15) is 4.39 Å². The van der Waals surface area contributed by atoms with Gasteiger partial charge in [-0.25, -0.2) is 4.39 Å². The van der Waals surface area contributed by atoms with Gasteiger partial charge in [0.1, 0.15) is 5.83 Å². The molecule has 0 aliphatic heterocycles. The predicted octanol–water partition coefficient (Wildman–Crippen LogP) is 4.32. The van der Waals surface area contributed by atoms with E-state index in [1.807, 2.05) is 32.9 Å². The second-order valence-electron chi connectivity index (χ2n) is 2.56. The fourth-order valence-corrected chi connectivity index (χ4v) is 0.929. The van der Waals surface area contributed by atoms with Crippen LogP contribution in [0.3, 0.4) is 0 Å². The lowest BCUT2D eigenvalue weighted by Gasteiger charge is -1.94. The lowest BCUT2D eigenvalue weighted by molar-refractivity contribution is 0.658. The van der Waals surface area contributed by atoms with Crippen molar-refractivity contribution in [2.45, 2.75) is 34.1 Å². The van der Waals surface area contributed by atoms with Gasteiger partial charge in [0, 0.05) is 6.08 Å². The SMILES string of the molecule is CC.CCC1=CC(C)=C(F)C=C=C1. The third kappa shape index (κ3) is 3.91. The number of allylic oxidation sites excluding steroid dienone is 5. The molecule has 0 radical (unpaired) electrons. The first-order valence-corrected chi connectivity index (χ1v) is 4.73. The minimum absolute atomic E-state index is 0.190. The highest BCUT2D eigenvalue weighted by molar-refractivity contribution is 5.36. The molecule has 0 amide bonds. The van der Waals surface area contributed by atoms with Crippen molar-refractivity contribution >= 4 is 0 Å². The van der Waals surface area contributed by atoms with Gasteiger partial charge in [0.05, 0.1) is 0 Å². The van der Waals surface area contributed by atoms with Gasteiger partial charge >= 0.3 is 0 Å². The van der Waals surface area contributed by atoms with Crippen molar-refractivity contribution in [3.63, 3.8) is 0 Å². The summed E-state index contributed by atoms with van der Waals surface area (Å²) in [6.07, 6.45) is 5.96. The van der Waals surface area contributed by atoms with Crippen molar-refractivity contribution in [3.8, 4) is 0 Å². The Bertz CT molecular complexity index is 273. The van der Waals surface area contributed by atoms with Crippen LogP contribution in [0.25, 0.3) is 0 Å². The highest BCUT2D eigenvalue weighted by Gasteiger charge is 1.98. The summed E-state index contributed by atoms with van der Waals surface area (Å²) < 4.78 is 12.8. The van der Waals surface area contributed by atoms with E-state index in [0.717, 1.165) is 12.0 Å². The topological polar surface area (TPSA) is 0 Å². The van der Waals surface area contributed by atoms with E-state index in [1.54, 1.807) is 6.92 Å². The van der Waals surface area contributed by atoms with Gasteiger partial charge in [0.15, 0.2) is 0 Å².